The highest BCUT2D eigenvalue weighted by atomic mass is 32.2. The van der Waals surface area contributed by atoms with Gasteiger partial charge in [-0.3, -0.25) is 4.79 Å². The number of carbonyl (C=O) groups excluding carboxylic acids is 1. The van der Waals surface area contributed by atoms with Crippen molar-refractivity contribution < 1.29 is 27.5 Å². The van der Waals surface area contributed by atoms with Gasteiger partial charge < -0.3 is 10.4 Å². The van der Waals surface area contributed by atoms with Crippen molar-refractivity contribution in [1.29, 1.82) is 0 Å². The lowest BCUT2D eigenvalue weighted by atomic mass is 10.1. The van der Waals surface area contributed by atoms with Crippen LogP contribution in [0.5, 0.6) is 0 Å². The molecule has 0 bridgehead atoms. The third kappa shape index (κ3) is 3.28. The van der Waals surface area contributed by atoms with E-state index in [0.717, 1.165) is 12.1 Å². The number of sulfone groups is 1. The van der Waals surface area contributed by atoms with E-state index in [1.165, 1.54) is 14.0 Å². The van der Waals surface area contributed by atoms with Gasteiger partial charge >= 0.3 is 5.97 Å². The smallest absolute Gasteiger partial charge is 0.335 e. The monoisotopic (exact) mass is 289 g/mol. The Bertz CT molecular complexity index is 639. The standard InChI is InChI=1S/C11H12FNO5S/c1-6-8(12)3-7(11(15)16)4-9(6)19(17,18)5-10(14)13-2/h3-4H,5H2,1-2H3,(H,13,14)(H,15,16). The van der Waals surface area contributed by atoms with Crippen molar-refractivity contribution in [1.82, 2.24) is 5.32 Å². The van der Waals surface area contributed by atoms with Gasteiger partial charge in [0.1, 0.15) is 11.6 Å². The molecule has 0 saturated heterocycles. The fourth-order valence-electron chi connectivity index (χ4n) is 1.42. The van der Waals surface area contributed by atoms with Crippen molar-refractivity contribution in [2.75, 3.05) is 12.8 Å². The lowest BCUT2D eigenvalue weighted by molar-refractivity contribution is -0.118. The molecule has 6 nitrogen and oxygen atoms in total. The van der Waals surface area contributed by atoms with Crippen molar-refractivity contribution in [2.24, 2.45) is 0 Å². The maximum absolute atomic E-state index is 13.5. The summed E-state index contributed by atoms with van der Waals surface area (Å²) in [5.41, 5.74) is -0.701. The minimum absolute atomic E-state index is 0.214. The van der Waals surface area contributed by atoms with Crippen LogP contribution >= 0.6 is 0 Å². The quantitative estimate of drug-likeness (QED) is 0.833. The zero-order chi connectivity index (χ0) is 14.8. The molecule has 1 aromatic rings. The second kappa shape index (κ2) is 5.35. The Morgan fingerprint density at radius 3 is 2.42 bits per heavy atom. The first-order chi connectivity index (χ1) is 8.69. The first-order valence-corrected chi connectivity index (χ1v) is 6.81. The first-order valence-electron chi connectivity index (χ1n) is 5.16. The van der Waals surface area contributed by atoms with Crippen molar-refractivity contribution >= 4 is 21.7 Å². The normalized spacial score (nSPS) is 11.1. The highest BCUT2D eigenvalue weighted by Gasteiger charge is 2.24. The number of nitrogens with one attached hydrogen (secondary N) is 1. The summed E-state index contributed by atoms with van der Waals surface area (Å²) in [5.74, 6) is -4.03. The van der Waals surface area contributed by atoms with E-state index in [-0.39, 0.29) is 5.56 Å². The topological polar surface area (TPSA) is 101 Å². The molecular formula is C11H12FNO5S. The third-order valence-electron chi connectivity index (χ3n) is 2.48. The summed E-state index contributed by atoms with van der Waals surface area (Å²) in [4.78, 5) is 21.4. The van der Waals surface area contributed by atoms with Gasteiger partial charge in [0, 0.05) is 12.6 Å². The number of carboxylic acids is 1. The summed E-state index contributed by atoms with van der Waals surface area (Å²) in [5, 5.41) is 10.9. The molecule has 19 heavy (non-hydrogen) atoms. The van der Waals surface area contributed by atoms with Crippen LogP contribution in [0.4, 0.5) is 4.39 Å². The molecule has 1 amide bonds. The predicted molar refractivity (Wildman–Crippen MR) is 64.2 cm³/mol. The van der Waals surface area contributed by atoms with Gasteiger partial charge in [-0.1, -0.05) is 0 Å². The van der Waals surface area contributed by atoms with E-state index in [1.807, 2.05) is 0 Å². The van der Waals surface area contributed by atoms with E-state index in [9.17, 15) is 22.4 Å². The molecule has 0 radical (unpaired) electrons. The fraction of sp³-hybridized carbons (Fsp3) is 0.273. The summed E-state index contributed by atoms with van der Waals surface area (Å²) in [6.45, 7) is 1.21. The number of benzene rings is 1. The zero-order valence-electron chi connectivity index (χ0n) is 10.2. The molecule has 1 rings (SSSR count). The Hall–Kier alpha value is -1.96. The van der Waals surface area contributed by atoms with Crippen LogP contribution in [0.15, 0.2) is 17.0 Å². The highest BCUT2D eigenvalue weighted by Crippen LogP contribution is 2.21. The highest BCUT2D eigenvalue weighted by molar-refractivity contribution is 7.92. The average Bonchev–Trinajstić information content (AvgIpc) is 2.31. The minimum Gasteiger partial charge on any atom is -0.478 e. The van der Waals surface area contributed by atoms with E-state index in [0.29, 0.717) is 0 Å². The number of carbonyl (C=O) groups is 2. The van der Waals surface area contributed by atoms with Gasteiger partial charge in [0.05, 0.1) is 10.5 Å². The number of hydrogen-bond acceptors (Lipinski definition) is 4. The molecule has 0 aliphatic carbocycles. The van der Waals surface area contributed by atoms with E-state index >= 15 is 0 Å². The summed E-state index contributed by atoms with van der Waals surface area (Å²) < 4.78 is 37.4. The average molecular weight is 289 g/mol. The van der Waals surface area contributed by atoms with Gasteiger partial charge in [0.2, 0.25) is 5.91 Å². The number of carboxylic acid groups (broad SMARTS) is 1. The molecule has 0 unspecified atom stereocenters. The number of hydrogen-bond donors (Lipinski definition) is 2. The minimum atomic E-state index is -4.10. The van der Waals surface area contributed by atoms with Crippen molar-refractivity contribution in [3.63, 3.8) is 0 Å². The van der Waals surface area contributed by atoms with Gasteiger partial charge in [-0.05, 0) is 19.1 Å². The molecule has 0 fully saturated rings. The number of rotatable bonds is 4. The van der Waals surface area contributed by atoms with Gasteiger partial charge in [-0.25, -0.2) is 17.6 Å². The summed E-state index contributed by atoms with van der Waals surface area (Å²) >= 11 is 0. The molecule has 0 aliphatic heterocycles. The molecule has 0 heterocycles. The summed E-state index contributed by atoms with van der Waals surface area (Å²) in [7, 11) is -2.83. The van der Waals surface area contributed by atoms with Crippen molar-refractivity contribution in [2.45, 2.75) is 11.8 Å². The molecule has 104 valence electrons. The molecule has 0 aromatic heterocycles. The molecule has 0 saturated carbocycles. The zero-order valence-corrected chi connectivity index (χ0v) is 11.0. The second-order valence-electron chi connectivity index (χ2n) is 3.82. The van der Waals surface area contributed by atoms with Gasteiger partial charge in [-0.15, -0.1) is 0 Å². The summed E-state index contributed by atoms with van der Waals surface area (Å²) in [6, 6.07) is 1.58. The molecule has 0 spiro atoms. The number of halogens is 1. The van der Waals surface area contributed by atoms with Crippen LogP contribution < -0.4 is 5.32 Å². The van der Waals surface area contributed by atoms with Gasteiger partial charge in [0.15, 0.2) is 9.84 Å². The predicted octanol–water partition coefficient (Wildman–Crippen LogP) is 0.352. The first kappa shape index (κ1) is 15.1. The van der Waals surface area contributed by atoms with Crippen LogP contribution in [0, 0.1) is 12.7 Å². The van der Waals surface area contributed by atoms with E-state index in [4.69, 9.17) is 5.11 Å². The molecule has 8 heteroatoms. The maximum Gasteiger partial charge on any atom is 0.335 e. The lowest BCUT2D eigenvalue weighted by Crippen LogP contribution is -2.27. The van der Waals surface area contributed by atoms with Crippen LogP contribution in [-0.2, 0) is 14.6 Å². The van der Waals surface area contributed by atoms with Crippen LogP contribution in [0.3, 0.4) is 0 Å². The van der Waals surface area contributed by atoms with Crippen LogP contribution in [-0.4, -0.2) is 38.2 Å². The Kier molecular flexibility index (Phi) is 4.25. The Labute approximate surface area is 109 Å². The van der Waals surface area contributed by atoms with Gasteiger partial charge in [0.25, 0.3) is 0 Å². The van der Waals surface area contributed by atoms with Crippen LogP contribution in [0.25, 0.3) is 0 Å². The van der Waals surface area contributed by atoms with E-state index in [1.54, 1.807) is 0 Å². The van der Waals surface area contributed by atoms with Crippen molar-refractivity contribution in [3.8, 4) is 0 Å². The Balaban J connectivity index is 3.41. The largest absolute Gasteiger partial charge is 0.478 e. The molecule has 0 aliphatic rings. The third-order valence-corrected chi connectivity index (χ3v) is 4.22. The van der Waals surface area contributed by atoms with Gasteiger partial charge in [-0.2, -0.15) is 0 Å². The Morgan fingerprint density at radius 1 is 1.37 bits per heavy atom. The second-order valence-corrected chi connectivity index (χ2v) is 5.78. The van der Waals surface area contributed by atoms with Crippen LogP contribution in [0.1, 0.15) is 15.9 Å². The maximum atomic E-state index is 13.5. The molecule has 0 atom stereocenters. The molecular weight excluding hydrogens is 277 g/mol. The van der Waals surface area contributed by atoms with E-state index in [2.05, 4.69) is 5.32 Å². The number of aromatic carboxylic acids is 1. The van der Waals surface area contributed by atoms with E-state index < -0.39 is 43.7 Å². The lowest BCUT2D eigenvalue weighted by Gasteiger charge is -2.09. The van der Waals surface area contributed by atoms with Crippen LogP contribution in [0.2, 0.25) is 0 Å². The summed E-state index contributed by atoms with van der Waals surface area (Å²) in [6.07, 6.45) is 0. The molecule has 1 aromatic carbocycles. The molecule has 2 N–H and O–H groups in total. The fourth-order valence-corrected chi connectivity index (χ4v) is 2.94. The Morgan fingerprint density at radius 2 is 1.95 bits per heavy atom. The SMILES string of the molecule is CNC(=O)CS(=O)(=O)c1cc(C(=O)O)cc(F)c1C. The van der Waals surface area contributed by atoms with Crippen molar-refractivity contribution in [3.05, 3.63) is 29.1 Å². The number of amides is 1.